The van der Waals surface area contributed by atoms with Gasteiger partial charge in [-0.3, -0.25) is 9.78 Å². The molecule has 18 heavy (non-hydrogen) atoms. The molecule has 0 aromatic carbocycles. The Hall–Kier alpha value is -1.42. The maximum absolute atomic E-state index is 12.2. The smallest absolute Gasteiger partial charge is 0.228 e. The Morgan fingerprint density at radius 2 is 2.44 bits per heavy atom. The molecular weight excluding hydrogens is 226 g/mol. The first-order chi connectivity index (χ1) is 8.70. The van der Waals surface area contributed by atoms with Gasteiger partial charge in [0.25, 0.3) is 0 Å². The Balaban J connectivity index is 1.97. The number of nitrogens with zero attached hydrogens (tertiary/aromatic N) is 2. The topological polar surface area (TPSA) is 45.2 Å². The fourth-order valence-corrected chi connectivity index (χ4v) is 2.40. The first-order valence-electron chi connectivity index (χ1n) is 6.56. The van der Waals surface area contributed by atoms with Gasteiger partial charge in [-0.2, -0.15) is 0 Å². The van der Waals surface area contributed by atoms with Gasteiger partial charge in [0.05, 0.1) is 12.1 Å². The van der Waals surface area contributed by atoms with Gasteiger partial charge in [-0.25, -0.2) is 0 Å². The largest absolute Gasteiger partial charge is 0.341 e. The summed E-state index contributed by atoms with van der Waals surface area (Å²) in [6.45, 7) is 3.70. The van der Waals surface area contributed by atoms with Crippen LogP contribution >= 0.6 is 0 Å². The van der Waals surface area contributed by atoms with Crippen LogP contribution in [0.4, 0.5) is 0 Å². The Kier molecular flexibility index (Phi) is 4.31. The minimum atomic E-state index is 0.191. The Bertz CT molecular complexity index is 419. The summed E-state index contributed by atoms with van der Waals surface area (Å²) in [4.78, 5) is 18.5. The van der Waals surface area contributed by atoms with E-state index in [-0.39, 0.29) is 5.91 Å². The van der Waals surface area contributed by atoms with Gasteiger partial charge in [0, 0.05) is 25.3 Å². The molecular formula is C14H21N3O. The van der Waals surface area contributed by atoms with Crippen LogP contribution in [0, 0.1) is 6.92 Å². The molecule has 1 unspecified atom stereocenters. The molecule has 1 aromatic rings. The van der Waals surface area contributed by atoms with Gasteiger partial charge in [-0.05, 0) is 38.4 Å². The zero-order chi connectivity index (χ0) is 13.0. The Morgan fingerprint density at radius 3 is 3.17 bits per heavy atom. The molecule has 1 aliphatic rings. The zero-order valence-corrected chi connectivity index (χ0v) is 11.1. The summed E-state index contributed by atoms with van der Waals surface area (Å²) in [6, 6.07) is 4.34. The highest BCUT2D eigenvalue weighted by molar-refractivity contribution is 5.78. The molecule has 1 atom stereocenters. The number of carbonyl (C=O) groups is 1. The van der Waals surface area contributed by atoms with E-state index in [4.69, 9.17) is 0 Å². The van der Waals surface area contributed by atoms with Crippen molar-refractivity contribution in [3.05, 3.63) is 29.6 Å². The number of pyridine rings is 1. The van der Waals surface area contributed by atoms with E-state index in [0.29, 0.717) is 12.5 Å². The molecule has 1 aliphatic heterocycles. The molecule has 2 rings (SSSR count). The van der Waals surface area contributed by atoms with Crippen molar-refractivity contribution in [2.24, 2.45) is 0 Å². The van der Waals surface area contributed by atoms with Crippen LogP contribution in [-0.2, 0) is 11.2 Å². The second kappa shape index (κ2) is 5.96. The highest BCUT2D eigenvalue weighted by atomic mass is 16.2. The van der Waals surface area contributed by atoms with Crippen molar-refractivity contribution in [3.63, 3.8) is 0 Å². The van der Waals surface area contributed by atoms with E-state index in [9.17, 15) is 4.79 Å². The summed E-state index contributed by atoms with van der Waals surface area (Å²) in [5.74, 6) is 0.191. The van der Waals surface area contributed by atoms with Crippen LogP contribution in [0.1, 0.15) is 24.1 Å². The van der Waals surface area contributed by atoms with Gasteiger partial charge in [-0.15, -0.1) is 0 Å². The molecule has 2 heterocycles. The van der Waals surface area contributed by atoms with Gasteiger partial charge in [0.15, 0.2) is 0 Å². The molecule has 1 amide bonds. The van der Waals surface area contributed by atoms with Crippen molar-refractivity contribution in [1.29, 1.82) is 0 Å². The number of hydrogen-bond donors (Lipinski definition) is 1. The molecule has 0 bridgehead atoms. The van der Waals surface area contributed by atoms with Crippen molar-refractivity contribution >= 4 is 5.91 Å². The number of carbonyl (C=O) groups excluding carboxylic acids is 1. The van der Waals surface area contributed by atoms with Gasteiger partial charge in [-0.1, -0.05) is 6.07 Å². The predicted molar refractivity (Wildman–Crippen MR) is 71.3 cm³/mol. The summed E-state index contributed by atoms with van der Waals surface area (Å²) in [5, 5.41) is 3.25. The van der Waals surface area contributed by atoms with Crippen molar-refractivity contribution < 1.29 is 4.79 Å². The normalized spacial score (nSPS) is 19.9. The molecule has 1 N–H and O–H groups in total. The average Bonchev–Trinajstić information content (AvgIpc) is 2.41. The number of amides is 1. The number of aromatic nitrogens is 1. The number of nitrogens with one attached hydrogen (secondary N) is 1. The molecule has 4 nitrogen and oxygen atoms in total. The third-order valence-electron chi connectivity index (χ3n) is 3.62. The fraction of sp³-hybridized carbons (Fsp3) is 0.571. The number of aryl methyl sites for hydroxylation is 1. The monoisotopic (exact) mass is 247 g/mol. The molecule has 1 fully saturated rings. The lowest BCUT2D eigenvalue weighted by molar-refractivity contribution is -0.131. The highest BCUT2D eigenvalue weighted by Gasteiger charge is 2.22. The fourth-order valence-electron chi connectivity index (χ4n) is 2.40. The number of likely N-dealkylation sites (tertiary alicyclic amines) is 1. The van der Waals surface area contributed by atoms with Gasteiger partial charge < -0.3 is 10.2 Å². The summed E-state index contributed by atoms with van der Waals surface area (Å²) >= 11 is 0. The highest BCUT2D eigenvalue weighted by Crippen LogP contribution is 2.12. The lowest BCUT2D eigenvalue weighted by Gasteiger charge is -2.32. The minimum absolute atomic E-state index is 0.191. The summed E-state index contributed by atoms with van der Waals surface area (Å²) in [7, 11) is 1.96. The van der Waals surface area contributed by atoms with E-state index in [2.05, 4.69) is 10.3 Å². The second-order valence-corrected chi connectivity index (χ2v) is 4.91. The van der Waals surface area contributed by atoms with Gasteiger partial charge in [0.2, 0.25) is 5.91 Å². The first kappa shape index (κ1) is 13.0. The van der Waals surface area contributed by atoms with E-state index in [0.717, 1.165) is 37.2 Å². The molecule has 98 valence electrons. The molecule has 0 radical (unpaired) electrons. The lowest BCUT2D eigenvalue weighted by Crippen LogP contribution is -2.47. The summed E-state index contributed by atoms with van der Waals surface area (Å²) in [6.07, 6.45) is 4.41. The van der Waals surface area contributed by atoms with Gasteiger partial charge in [0.1, 0.15) is 0 Å². The number of piperidine rings is 1. The molecule has 1 saturated heterocycles. The number of hydrogen-bond acceptors (Lipinski definition) is 3. The predicted octanol–water partition coefficient (Wildman–Crippen LogP) is 1.14. The Morgan fingerprint density at radius 1 is 1.61 bits per heavy atom. The van der Waals surface area contributed by atoms with E-state index in [1.807, 2.05) is 31.0 Å². The summed E-state index contributed by atoms with van der Waals surface area (Å²) < 4.78 is 0. The van der Waals surface area contributed by atoms with E-state index in [1.54, 1.807) is 6.20 Å². The van der Waals surface area contributed by atoms with Crippen molar-refractivity contribution in [2.75, 3.05) is 20.1 Å². The van der Waals surface area contributed by atoms with Crippen molar-refractivity contribution in [1.82, 2.24) is 15.2 Å². The van der Waals surface area contributed by atoms with Crippen molar-refractivity contribution in [3.8, 4) is 0 Å². The lowest BCUT2D eigenvalue weighted by atomic mass is 10.0. The SMILES string of the molecule is CNC1CCCN(C(=O)Cc2ncccc2C)C1. The van der Waals surface area contributed by atoms with E-state index < -0.39 is 0 Å². The average molecular weight is 247 g/mol. The third kappa shape index (κ3) is 3.07. The molecule has 0 spiro atoms. The second-order valence-electron chi connectivity index (χ2n) is 4.91. The third-order valence-corrected chi connectivity index (χ3v) is 3.62. The summed E-state index contributed by atoms with van der Waals surface area (Å²) in [5.41, 5.74) is 1.99. The molecule has 4 heteroatoms. The zero-order valence-electron chi connectivity index (χ0n) is 11.1. The van der Waals surface area contributed by atoms with Crippen LogP contribution in [0.3, 0.4) is 0 Å². The molecule has 0 saturated carbocycles. The first-order valence-corrected chi connectivity index (χ1v) is 6.56. The maximum Gasteiger partial charge on any atom is 0.228 e. The maximum atomic E-state index is 12.2. The quantitative estimate of drug-likeness (QED) is 0.871. The standard InChI is InChI=1S/C14H21N3O/c1-11-5-3-7-16-13(11)9-14(18)17-8-4-6-12(10-17)15-2/h3,5,7,12,15H,4,6,8-10H2,1-2H3. The van der Waals surface area contributed by atoms with Crippen LogP contribution < -0.4 is 5.32 Å². The van der Waals surface area contributed by atoms with Crippen LogP contribution in [0.2, 0.25) is 0 Å². The van der Waals surface area contributed by atoms with E-state index >= 15 is 0 Å². The van der Waals surface area contributed by atoms with Crippen molar-refractivity contribution in [2.45, 2.75) is 32.2 Å². The number of likely N-dealkylation sites (N-methyl/N-ethyl adjacent to an activating group) is 1. The molecule has 0 aliphatic carbocycles. The van der Waals surface area contributed by atoms with Crippen LogP contribution in [0.15, 0.2) is 18.3 Å². The van der Waals surface area contributed by atoms with Crippen LogP contribution in [0.5, 0.6) is 0 Å². The van der Waals surface area contributed by atoms with Crippen LogP contribution in [-0.4, -0.2) is 42.0 Å². The number of rotatable bonds is 3. The Labute approximate surface area is 108 Å². The van der Waals surface area contributed by atoms with E-state index in [1.165, 1.54) is 0 Å². The minimum Gasteiger partial charge on any atom is -0.341 e. The molecule has 1 aromatic heterocycles. The van der Waals surface area contributed by atoms with Crippen LogP contribution in [0.25, 0.3) is 0 Å². The van der Waals surface area contributed by atoms with Gasteiger partial charge >= 0.3 is 0 Å².